The number of hydrogen-bond acceptors (Lipinski definition) is 5. The van der Waals surface area contributed by atoms with Crippen LogP contribution in [0.1, 0.15) is 45.4 Å². The van der Waals surface area contributed by atoms with Crippen molar-refractivity contribution in [3.8, 4) is 5.75 Å². The first-order valence-electron chi connectivity index (χ1n) is 10.3. The highest BCUT2D eigenvalue weighted by Gasteiger charge is 2.26. The standard InChI is InChI=1S/C20H28FN3O5S/c1-14(5-3-2-4-10-24-12-19(25)22-20(24)26)23-30(27,28)16-8-9-17(21)18(11-16)29-13-15-6-7-15/h8-9,11,14-15,23H,2-7,10,12-13H2,1H3,(H,22,25,26)/t14-/m0/s1. The number of benzene rings is 1. The predicted octanol–water partition coefficient (Wildman–Crippen LogP) is 2.39. The molecule has 1 saturated carbocycles. The Hall–Kier alpha value is -2.20. The number of carbonyl (C=O) groups excluding carboxylic acids is 2. The summed E-state index contributed by atoms with van der Waals surface area (Å²) in [6.07, 6.45) is 5.05. The topological polar surface area (TPSA) is 105 Å². The summed E-state index contributed by atoms with van der Waals surface area (Å²) in [6, 6.07) is 2.92. The number of amides is 3. The molecule has 0 unspecified atom stereocenters. The number of ether oxygens (including phenoxy) is 1. The van der Waals surface area contributed by atoms with Gasteiger partial charge in [-0.3, -0.25) is 10.1 Å². The summed E-state index contributed by atoms with van der Waals surface area (Å²) in [5.41, 5.74) is 0. The molecule has 2 aliphatic rings. The number of rotatable bonds is 12. The quantitative estimate of drug-likeness (QED) is 0.383. The summed E-state index contributed by atoms with van der Waals surface area (Å²) in [4.78, 5) is 24.0. The van der Waals surface area contributed by atoms with Crippen LogP contribution in [0.5, 0.6) is 5.75 Å². The van der Waals surface area contributed by atoms with Crippen molar-refractivity contribution in [3.63, 3.8) is 0 Å². The Balaban J connectivity index is 1.42. The minimum Gasteiger partial charge on any atom is -0.490 e. The van der Waals surface area contributed by atoms with Crippen molar-refractivity contribution >= 4 is 22.0 Å². The number of carbonyl (C=O) groups is 2. The highest BCUT2D eigenvalue weighted by Crippen LogP contribution is 2.30. The van der Waals surface area contributed by atoms with Gasteiger partial charge < -0.3 is 9.64 Å². The van der Waals surface area contributed by atoms with Gasteiger partial charge in [0.25, 0.3) is 0 Å². The van der Waals surface area contributed by atoms with Crippen molar-refractivity contribution < 1.29 is 27.1 Å². The Labute approximate surface area is 176 Å². The Morgan fingerprint density at radius 3 is 2.70 bits per heavy atom. The van der Waals surface area contributed by atoms with Crippen LogP contribution < -0.4 is 14.8 Å². The van der Waals surface area contributed by atoms with Gasteiger partial charge in [0, 0.05) is 18.7 Å². The van der Waals surface area contributed by atoms with Crippen molar-refractivity contribution in [1.29, 1.82) is 0 Å². The predicted molar refractivity (Wildman–Crippen MR) is 108 cm³/mol. The van der Waals surface area contributed by atoms with Crippen LogP contribution >= 0.6 is 0 Å². The summed E-state index contributed by atoms with van der Waals surface area (Å²) >= 11 is 0. The van der Waals surface area contributed by atoms with Crippen LogP contribution in [0.3, 0.4) is 0 Å². The summed E-state index contributed by atoms with van der Waals surface area (Å²) < 4.78 is 47.2. The van der Waals surface area contributed by atoms with Gasteiger partial charge >= 0.3 is 6.03 Å². The van der Waals surface area contributed by atoms with E-state index in [1.165, 1.54) is 17.0 Å². The number of halogens is 1. The van der Waals surface area contributed by atoms with Crippen LogP contribution in [0, 0.1) is 11.7 Å². The third-order valence-electron chi connectivity index (χ3n) is 5.17. The molecule has 3 rings (SSSR count). The number of hydrogen-bond donors (Lipinski definition) is 2. The van der Waals surface area contributed by atoms with E-state index in [1.54, 1.807) is 6.92 Å². The zero-order valence-electron chi connectivity index (χ0n) is 17.0. The molecule has 10 heteroatoms. The third kappa shape index (κ3) is 6.40. The highest BCUT2D eigenvalue weighted by molar-refractivity contribution is 7.89. The molecule has 1 aromatic carbocycles. The fraction of sp³-hybridized carbons (Fsp3) is 0.600. The average Bonchev–Trinajstić information content (AvgIpc) is 3.44. The Morgan fingerprint density at radius 2 is 2.03 bits per heavy atom. The van der Waals surface area contributed by atoms with Crippen LogP contribution in [-0.4, -0.2) is 51.0 Å². The molecule has 30 heavy (non-hydrogen) atoms. The summed E-state index contributed by atoms with van der Waals surface area (Å²) in [7, 11) is -3.79. The molecule has 1 atom stereocenters. The molecular formula is C20H28FN3O5S. The third-order valence-corrected chi connectivity index (χ3v) is 6.76. The maximum absolute atomic E-state index is 13.9. The first kappa shape index (κ1) is 22.5. The molecule has 0 radical (unpaired) electrons. The second-order valence-electron chi connectivity index (χ2n) is 7.99. The maximum Gasteiger partial charge on any atom is 0.324 e. The van der Waals surface area contributed by atoms with Crippen LogP contribution in [-0.2, 0) is 14.8 Å². The van der Waals surface area contributed by atoms with Gasteiger partial charge in [-0.1, -0.05) is 12.8 Å². The molecule has 0 aromatic heterocycles. The molecule has 1 aromatic rings. The Kier molecular flexibility index (Phi) is 7.30. The first-order valence-corrected chi connectivity index (χ1v) is 11.8. The molecule has 3 amide bonds. The molecule has 1 aliphatic heterocycles. The van der Waals surface area contributed by atoms with E-state index in [0.29, 0.717) is 25.5 Å². The fourth-order valence-corrected chi connectivity index (χ4v) is 4.53. The SMILES string of the molecule is C[C@@H](CCCCCN1CC(=O)NC1=O)NS(=O)(=O)c1ccc(F)c(OCC2CC2)c1. The van der Waals surface area contributed by atoms with Crippen LogP contribution in [0.2, 0.25) is 0 Å². The molecular weight excluding hydrogens is 413 g/mol. The molecule has 2 N–H and O–H groups in total. The van der Waals surface area contributed by atoms with Gasteiger partial charge in [-0.2, -0.15) is 0 Å². The molecule has 1 aliphatic carbocycles. The van der Waals surface area contributed by atoms with Gasteiger partial charge in [-0.05, 0) is 50.7 Å². The van der Waals surface area contributed by atoms with E-state index >= 15 is 0 Å². The van der Waals surface area contributed by atoms with Crippen molar-refractivity contribution in [3.05, 3.63) is 24.0 Å². The fourth-order valence-electron chi connectivity index (χ4n) is 3.24. The highest BCUT2D eigenvalue weighted by atomic mass is 32.2. The number of imide groups is 1. The van der Waals surface area contributed by atoms with Crippen LogP contribution in [0.4, 0.5) is 9.18 Å². The van der Waals surface area contributed by atoms with E-state index in [4.69, 9.17) is 4.74 Å². The van der Waals surface area contributed by atoms with E-state index in [2.05, 4.69) is 10.0 Å². The van der Waals surface area contributed by atoms with Gasteiger partial charge in [0.15, 0.2) is 11.6 Å². The van der Waals surface area contributed by atoms with E-state index < -0.39 is 15.8 Å². The minimum absolute atomic E-state index is 0.0220. The second kappa shape index (κ2) is 9.74. The molecule has 2 fully saturated rings. The number of unbranched alkanes of at least 4 members (excludes halogenated alkanes) is 2. The van der Waals surface area contributed by atoms with Crippen LogP contribution in [0.15, 0.2) is 23.1 Å². The molecule has 1 heterocycles. The largest absolute Gasteiger partial charge is 0.490 e. The van der Waals surface area contributed by atoms with E-state index in [-0.39, 0.29) is 35.2 Å². The lowest BCUT2D eigenvalue weighted by Gasteiger charge is -2.16. The minimum atomic E-state index is -3.79. The van der Waals surface area contributed by atoms with Gasteiger partial charge in [0.1, 0.15) is 6.54 Å². The monoisotopic (exact) mass is 441 g/mol. The van der Waals surface area contributed by atoms with E-state index in [0.717, 1.165) is 38.2 Å². The Bertz CT molecular complexity index is 888. The summed E-state index contributed by atoms with van der Waals surface area (Å²) in [6.45, 7) is 2.77. The zero-order chi connectivity index (χ0) is 21.7. The lowest BCUT2D eigenvalue weighted by atomic mass is 10.1. The van der Waals surface area contributed by atoms with Gasteiger partial charge in [-0.25, -0.2) is 22.3 Å². The molecule has 1 saturated heterocycles. The second-order valence-corrected chi connectivity index (χ2v) is 9.71. The molecule has 166 valence electrons. The van der Waals surface area contributed by atoms with Gasteiger partial charge in [-0.15, -0.1) is 0 Å². The van der Waals surface area contributed by atoms with Gasteiger partial charge in [0.2, 0.25) is 15.9 Å². The van der Waals surface area contributed by atoms with E-state index in [1.807, 2.05) is 0 Å². The maximum atomic E-state index is 13.9. The lowest BCUT2D eigenvalue weighted by molar-refractivity contribution is -0.118. The van der Waals surface area contributed by atoms with Crippen molar-refractivity contribution in [2.75, 3.05) is 19.7 Å². The normalized spacial score (nSPS) is 17.9. The summed E-state index contributed by atoms with van der Waals surface area (Å²) in [5.74, 6) is -0.467. The zero-order valence-corrected chi connectivity index (χ0v) is 17.8. The smallest absolute Gasteiger partial charge is 0.324 e. The average molecular weight is 442 g/mol. The van der Waals surface area contributed by atoms with E-state index in [9.17, 15) is 22.4 Å². The van der Waals surface area contributed by atoms with Gasteiger partial charge in [0.05, 0.1) is 11.5 Å². The number of sulfonamides is 1. The lowest BCUT2D eigenvalue weighted by Crippen LogP contribution is -2.32. The molecule has 0 spiro atoms. The molecule has 0 bridgehead atoms. The summed E-state index contributed by atoms with van der Waals surface area (Å²) in [5, 5.41) is 2.23. The van der Waals surface area contributed by atoms with Crippen molar-refractivity contribution in [1.82, 2.24) is 14.9 Å². The Morgan fingerprint density at radius 1 is 1.27 bits per heavy atom. The molecule has 8 nitrogen and oxygen atoms in total. The number of urea groups is 1. The number of nitrogens with zero attached hydrogens (tertiary/aromatic N) is 1. The van der Waals surface area contributed by atoms with Crippen molar-refractivity contribution in [2.24, 2.45) is 5.92 Å². The van der Waals surface area contributed by atoms with Crippen LogP contribution in [0.25, 0.3) is 0 Å². The van der Waals surface area contributed by atoms with Crippen molar-refractivity contribution in [2.45, 2.75) is 56.4 Å². The first-order chi connectivity index (χ1) is 14.2. The number of nitrogens with one attached hydrogen (secondary N) is 2.